The quantitative estimate of drug-likeness (QED) is 0.483. The van der Waals surface area contributed by atoms with E-state index < -0.39 is 5.54 Å². The van der Waals surface area contributed by atoms with Crippen molar-refractivity contribution in [2.75, 3.05) is 47.2 Å². The van der Waals surface area contributed by atoms with Gasteiger partial charge in [-0.1, -0.05) is 0 Å². The number of nitrogens with two attached hydrogens (primary N) is 1. The molecule has 0 rings (SSSR count). The molecule has 0 aromatic carbocycles. The van der Waals surface area contributed by atoms with Crippen molar-refractivity contribution in [2.24, 2.45) is 5.73 Å². The lowest BCUT2D eigenvalue weighted by molar-refractivity contribution is -0.124. The molecule has 0 spiro atoms. The maximum absolute atomic E-state index is 11.2. The van der Waals surface area contributed by atoms with Gasteiger partial charge in [0, 0.05) is 13.7 Å². The summed E-state index contributed by atoms with van der Waals surface area (Å²) in [4.78, 5) is 11.2. The second kappa shape index (κ2) is 9.35. The molecule has 0 bridgehead atoms. The molecule has 0 aliphatic rings. The Morgan fingerprint density at radius 2 is 1.71 bits per heavy atom. The molecule has 0 radical (unpaired) electrons. The maximum atomic E-state index is 11.2. The van der Waals surface area contributed by atoms with E-state index in [2.05, 4.69) is 5.32 Å². The van der Waals surface area contributed by atoms with Gasteiger partial charge in [-0.3, -0.25) is 4.79 Å². The molecule has 17 heavy (non-hydrogen) atoms. The second-order valence-electron chi connectivity index (χ2n) is 3.91. The van der Waals surface area contributed by atoms with Crippen molar-refractivity contribution in [2.45, 2.75) is 18.9 Å². The molecular formula is C11H24N2O4. The first kappa shape index (κ1) is 16.3. The Hall–Kier alpha value is -0.690. The zero-order valence-electron chi connectivity index (χ0n) is 11.0. The van der Waals surface area contributed by atoms with Gasteiger partial charge in [-0.25, -0.2) is 0 Å². The molecule has 6 nitrogen and oxygen atoms in total. The van der Waals surface area contributed by atoms with Crippen molar-refractivity contribution in [1.29, 1.82) is 0 Å². The number of amides is 1. The Bertz CT molecular complexity index is 214. The fourth-order valence-electron chi connectivity index (χ4n) is 1.11. The third kappa shape index (κ3) is 7.27. The Balaban J connectivity index is 3.47. The van der Waals surface area contributed by atoms with Gasteiger partial charge in [-0.2, -0.15) is 0 Å². The molecule has 0 aliphatic carbocycles. The molecule has 3 N–H and O–H groups in total. The normalized spacial score (nSPS) is 14.5. The Kier molecular flexibility index (Phi) is 8.97. The lowest BCUT2D eigenvalue weighted by atomic mass is 9.98. The van der Waals surface area contributed by atoms with E-state index in [0.717, 1.165) is 0 Å². The number of hydrogen-bond donors (Lipinski definition) is 2. The van der Waals surface area contributed by atoms with E-state index in [0.29, 0.717) is 39.5 Å². The van der Waals surface area contributed by atoms with Crippen LogP contribution in [0.25, 0.3) is 0 Å². The number of carbonyl (C=O) groups excluding carboxylic acids is 1. The number of nitrogens with one attached hydrogen (secondary N) is 1. The Morgan fingerprint density at radius 3 is 2.18 bits per heavy atom. The first-order valence-corrected chi connectivity index (χ1v) is 5.70. The number of rotatable bonds is 11. The molecule has 1 atom stereocenters. The smallest absolute Gasteiger partial charge is 0.237 e. The van der Waals surface area contributed by atoms with E-state index in [-0.39, 0.29) is 5.91 Å². The molecule has 0 saturated heterocycles. The van der Waals surface area contributed by atoms with E-state index >= 15 is 0 Å². The average Bonchev–Trinajstić information content (AvgIpc) is 2.32. The predicted molar refractivity (Wildman–Crippen MR) is 64.8 cm³/mol. The van der Waals surface area contributed by atoms with Crippen LogP contribution in [0.2, 0.25) is 0 Å². The summed E-state index contributed by atoms with van der Waals surface area (Å²) < 4.78 is 15.4. The number of carbonyl (C=O) groups is 1. The molecule has 0 heterocycles. The number of primary amides is 1. The van der Waals surface area contributed by atoms with Crippen LogP contribution in [0, 0.1) is 0 Å². The molecule has 6 heteroatoms. The number of hydrogen-bond acceptors (Lipinski definition) is 5. The van der Waals surface area contributed by atoms with E-state index in [9.17, 15) is 4.79 Å². The number of methoxy groups -OCH3 is 1. The van der Waals surface area contributed by atoms with Gasteiger partial charge in [0.1, 0.15) is 0 Å². The first-order valence-electron chi connectivity index (χ1n) is 5.70. The first-order chi connectivity index (χ1) is 8.06. The van der Waals surface area contributed by atoms with Crippen LogP contribution in [0.3, 0.4) is 0 Å². The zero-order chi connectivity index (χ0) is 13.1. The van der Waals surface area contributed by atoms with Crippen molar-refractivity contribution in [3.05, 3.63) is 0 Å². The van der Waals surface area contributed by atoms with Gasteiger partial charge in [0.2, 0.25) is 5.91 Å². The SMILES string of the molecule is CNC(C)(CCOCCOCCOC)C(N)=O. The summed E-state index contributed by atoms with van der Waals surface area (Å²) in [5.74, 6) is -0.375. The predicted octanol–water partition coefficient (Wildman–Crippen LogP) is -0.480. The Morgan fingerprint density at radius 1 is 1.18 bits per heavy atom. The van der Waals surface area contributed by atoms with Crippen LogP contribution in [0.4, 0.5) is 0 Å². The van der Waals surface area contributed by atoms with Crippen LogP contribution in [0.15, 0.2) is 0 Å². The molecule has 1 unspecified atom stereocenters. The summed E-state index contributed by atoms with van der Waals surface area (Å²) in [5.41, 5.74) is 4.57. The fraction of sp³-hybridized carbons (Fsp3) is 0.909. The molecular weight excluding hydrogens is 224 g/mol. The van der Waals surface area contributed by atoms with Gasteiger partial charge in [0.15, 0.2) is 0 Å². The van der Waals surface area contributed by atoms with Crippen LogP contribution in [-0.4, -0.2) is 58.6 Å². The summed E-state index contributed by atoms with van der Waals surface area (Å²) >= 11 is 0. The third-order valence-corrected chi connectivity index (χ3v) is 2.65. The largest absolute Gasteiger partial charge is 0.382 e. The van der Waals surface area contributed by atoms with E-state index in [1.165, 1.54) is 0 Å². The van der Waals surface area contributed by atoms with Crippen molar-refractivity contribution in [1.82, 2.24) is 5.32 Å². The van der Waals surface area contributed by atoms with Crippen LogP contribution in [-0.2, 0) is 19.0 Å². The van der Waals surface area contributed by atoms with Gasteiger partial charge in [0.05, 0.1) is 32.0 Å². The summed E-state index contributed by atoms with van der Waals surface area (Å²) in [6, 6.07) is 0. The standard InChI is InChI=1S/C11H24N2O4/c1-11(13-2,10(12)14)4-5-16-8-9-17-7-6-15-3/h13H,4-9H2,1-3H3,(H2,12,14). The molecule has 0 saturated carbocycles. The highest BCUT2D eigenvalue weighted by molar-refractivity contribution is 5.84. The monoisotopic (exact) mass is 248 g/mol. The van der Waals surface area contributed by atoms with Gasteiger partial charge in [-0.15, -0.1) is 0 Å². The molecule has 0 aliphatic heterocycles. The zero-order valence-corrected chi connectivity index (χ0v) is 11.0. The van der Waals surface area contributed by atoms with Crippen molar-refractivity contribution >= 4 is 5.91 Å². The van der Waals surface area contributed by atoms with Crippen molar-refractivity contribution in [3.63, 3.8) is 0 Å². The van der Waals surface area contributed by atoms with Gasteiger partial charge in [0.25, 0.3) is 0 Å². The van der Waals surface area contributed by atoms with Crippen LogP contribution >= 0.6 is 0 Å². The van der Waals surface area contributed by atoms with E-state index in [1.807, 2.05) is 0 Å². The van der Waals surface area contributed by atoms with Crippen LogP contribution in [0.5, 0.6) is 0 Å². The molecule has 102 valence electrons. The fourth-order valence-corrected chi connectivity index (χ4v) is 1.11. The van der Waals surface area contributed by atoms with Crippen LogP contribution in [0.1, 0.15) is 13.3 Å². The lowest BCUT2D eigenvalue weighted by Crippen LogP contribution is -2.52. The van der Waals surface area contributed by atoms with E-state index in [4.69, 9.17) is 19.9 Å². The minimum Gasteiger partial charge on any atom is -0.382 e. The highest BCUT2D eigenvalue weighted by Gasteiger charge is 2.28. The van der Waals surface area contributed by atoms with Gasteiger partial charge >= 0.3 is 0 Å². The minimum absolute atomic E-state index is 0.375. The average molecular weight is 248 g/mol. The maximum Gasteiger partial charge on any atom is 0.237 e. The lowest BCUT2D eigenvalue weighted by Gasteiger charge is -2.25. The van der Waals surface area contributed by atoms with Crippen molar-refractivity contribution in [3.8, 4) is 0 Å². The summed E-state index contributed by atoms with van der Waals surface area (Å²) in [5, 5.41) is 2.89. The molecule has 0 aromatic rings. The third-order valence-electron chi connectivity index (χ3n) is 2.65. The molecule has 0 fully saturated rings. The molecule has 0 aromatic heterocycles. The topological polar surface area (TPSA) is 82.8 Å². The summed E-state index contributed by atoms with van der Waals surface area (Å²) in [6.45, 7) is 4.40. The second-order valence-corrected chi connectivity index (χ2v) is 3.91. The van der Waals surface area contributed by atoms with Gasteiger partial charge < -0.3 is 25.3 Å². The Labute approximate surface area is 103 Å². The highest BCUT2D eigenvalue weighted by Crippen LogP contribution is 2.07. The number of ether oxygens (including phenoxy) is 3. The van der Waals surface area contributed by atoms with Crippen molar-refractivity contribution < 1.29 is 19.0 Å². The minimum atomic E-state index is -0.711. The highest BCUT2D eigenvalue weighted by atomic mass is 16.5. The summed E-state index contributed by atoms with van der Waals surface area (Å²) in [7, 11) is 3.33. The van der Waals surface area contributed by atoms with Gasteiger partial charge in [-0.05, 0) is 20.4 Å². The summed E-state index contributed by atoms with van der Waals surface area (Å²) in [6.07, 6.45) is 0.539. The molecule has 1 amide bonds. The number of likely N-dealkylation sites (N-methyl/N-ethyl adjacent to an activating group) is 1. The van der Waals surface area contributed by atoms with E-state index in [1.54, 1.807) is 21.1 Å². The van der Waals surface area contributed by atoms with Crippen LogP contribution < -0.4 is 11.1 Å².